The average Bonchev–Trinajstić information content (AvgIpc) is 3.07. The molecule has 0 unspecified atom stereocenters. The number of hydrogen-bond acceptors (Lipinski definition) is 1. The molecule has 2 nitrogen and oxygen atoms in total. The van der Waals surface area contributed by atoms with Crippen LogP contribution in [0.2, 0.25) is 10.0 Å². The van der Waals surface area contributed by atoms with Crippen molar-refractivity contribution >= 4 is 34.1 Å². The summed E-state index contributed by atoms with van der Waals surface area (Å²) < 4.78 is 2.33. The van der Waals surface area contributed by atoms with Crippen LogP contribution in [0.3, 0.4) is 0 Å². The summed E-state index contributed by atoms with van der Waals surface area (Å²) in [7, 11) is 0. The minimum Gasteiger partial charge on any atom is -0.343 e. The highest BCUT2D eigenvalue weighted by atomic mass is 35.5. The molecular formula is C26H28Cl2N2. The van der Waals surface area contributed by atoms with Crippen LogP contribution in [0, 0.1) is 23.7 Å². The van der Waals surface area contributed by atoms with Crippen molar-refractivity contribution in [2.75, 3.05) is 0 Å². The summed E-state index contributed by atoms with van der Waals surface area (Å²) in [4.78, 5) is 0. The second-order valence-corrected chi connectivity index (χ2v) is 10.7. The second kappa shape index (κ2) is 7.58. The molecule has 30 heavy (non-hydrogen) atoms. The van der Waals surface area contributed by atoms with Crippen LogP contribution in [0.25, 0.3) is 10.9 Å². The third-order valence-corrected chi connectivity index (χ3v) is 8.57. The molecule has 4 aliphatic rings. The fraction of sp³-hybridized carbons (Fsp3) is 0.462. The van der Waals surface area contributed by atoms with Crippen molar-refractivity contribution in [2.45, 2.75) is 51.2 Å². The summed E-state index contributed by atoms with van der Waals surface area (Å²) in [6.45, 7) is 1.71. The maximum absolute atomic E-state index is 6.46. The smallest absolute Gasteiger partial charge is 0.0491 e. The average molecular weight is 439 g/mol. The molecule has 0 saturated heterocycles. The number of hydrogen-bond donors (Lipinski definition) is 1. The Morgan fingerprint density at radius 1 is 0.867 bits per heavy atom. The molecule has 0 radical (unpaired) electrons. The van der Waals surface area contributed by atoms with Crippen LogP contribution in [-0.2, 0) is 13.1 Å². The van der Waals surface area contributed by atoms with Crippen LogP contribution in [0.4, 0.5) is 0 Å². The molecule has 4 fully saturated rings. The first-order chi connectivity index (χ1) is 14.6. The molecule has 1 heterocycles. The molecule has 4 heteroatoms. The first-order valence-corrected chi connectivity index (χ1v) is 12.1. The molecule has 0 amide bonds. The Labute approximate surface area is 188 Å². The molecule has 3 aromatic rings. The van der Waals surface area contributed by atoms with Crippen molar-refractivity contribution in [1.82, 2.24) is 9.88 Å². The highest BCUT2D eigenvalue weighted by Crippen LogP contribution is 2.53. The van der Waals surface area contributed by atoms with Gasteiger partial charge in [-0.05, 0) is 85.1 Å². The SMILES string of the molecule is Clc1ccc(Cn2cc(CNC3C4CC5CC(C4)CC3C5)c3ccccc32)c(Cl)c1. The summed E-state index contributed by atoms with van der Waals surface area (Å²) in [5.41, 5.74) is 3.76. The van der Waals surface area contributed by atoms with Gasteiger partial charge in [-0.15, -0.1) is 0 Å². The summed E-state index contributed by atoms with van der Waals surface area (Å²) >= 11 is 12.5. The third kappa shape index (κ3) is 3.38. The van der Waals surface area contributed by atoms with Crippen molar-refractivity contribution in [3.05, 3.63) is 69.8 Å². The van der Waals surface area contributed by atoms with E-state index in [1.807, 2.05) is 18.2 Å². The Balaban J connectivity index is 1.25. The van der Waals surface area contributed by atoms with Crippen LogP contribution >= 0.6 is 23.2 Å². The fourth-order valence-electron chi connectivity index (χ4n) is 6.91. The van der Waals surface area contributed by atoms with Gasteiger partial charge in [0, 0.05) is 46.3 Å². The van der Waals surface area contributed by atoms with Crippen molar-refractivity contribution in [1.29, 1.82) is 0 Å². The first kappa shape index (κ1) is 19.2. The molecule has 2 aromatic carbocycles. The predicted octanol–water partition coefficient (Wildman–Crippen LogP) is 6.91. The first-order valence-electron chi connectivity index (χ1n) is 11.4. The minimum atomic E-state index is 0.682. The highest BCUT2D eigenvalue weighted by molar-refractivity contribution is 6.35. The second-order valence-electron chi connectivity index (χ2n) is 9.87. The van der Waals surface area contributed by atoms with Gasteiger partial charge in [-0.3, -0.25) is 0 Å². The van der Waals surface area contributed by atoms with E-state index >= 15 is 0 Å². The monoisotopic (exact) mass is 438 g/mol. The Kier molecular flexibility index (Phi) is 4.86. The van der Waals surface area contributed by atoms with Crippen molar-refractivity contribution in [2.24, 2.45) is 23.7 Å². The number of para-hydroxylation sites is 1. The number of nitrogens with one attached hydrogen (secondary N) is 1. The van der Waals surface area contributed by atoms with Gasteiger partial charge in [-0.1, -0.05) is 47.5 Å². The van der Waals surface area contributed by atoms with Gasteiger partial charge < -0.3 is 9.88 Å². The molecule has 1 aromatic heterocycles. The minimum absolute atomic E-state index is 0.682. The van der Waals surface area contributed by atoms with Gasteiger partial charge in [-0.2, -0.15) is 0 Å². The Morgan fingerprint density at radius 3 is 2.33 bits per heavy atom. The largest absolute Gasteiger partial charge is 0.343 e. The molecule has 156 valence electrons. The van der Waals surface area contributed by atoms with Crippen LogP contribution in [-0.4, -0.2) is 10.6 Å². The number of benzene rings is 2. The van der Waals surface area contributed by atoms with Gasteiger partial charge in [-0.25, -0.2) is 0 Å². The lowest BCUT2D eigenvalue weighted by Gasteiger charge is -2.54. The predicted molar refractivity (Wildman–Crippen MR) is 125 cm³/mol. The Morgan fingerprint density at radius 2 is 1.60 bits per heavy atom. The van der Waals surface area contributed by atoms with Gasteiger partial charge >= 0.3 is 0 Å². The summed E-state index contributed by atoms with van der Waals surface area (Å²) in [6, 6.07) is 15.2. The zero-order valence-corrected chi connectivity index (χ0v) is 18.7. The number of aromatic nitrogens is 1. The van der Waals surface area contributed by atoms with Crippen LogP contribution in [0.5, 0.6) is 0 Å². The van der Waals surface area contributed by atoms with E-state index in [4.69, 9.17) is 23.2 Å². The van der Waals surface area contributed by atoms with E-state index in [1.165, 1.54) is 48.6 Å². The Hall–Kier alpha value is -1.48. The van der Waals surface area contributed by atoms with Gasteiger partial charge in [0.2, 0.25) is 0 Å². The number of fused-ring (bicyclic) bond motifs is 1. The van der Waals surface area contributed by atoms with Crippen LogP contribution < -0.4 is 5.32 Å². The van der Waals surface area contributed by atoms with Gasteiger partial charge in [0.1, 0.15) is 0 Å². The lowest BCUT2D eigenvalue weighted by molar-refractivity contribution is -0.0142. The number of nitrogens with zero attached hydrogens (tertiary/aromatic N) is 1. The maximum atomic E-state index is 6.46. The molecule has 7 rings (SSSR count). The molecule has 4 saturated carbocycles. The van der Waals surface area contributed by atoms with E-state index in [-0.39, 0.29) is 0 Å². The molecule has 0 atom stereocenters. The van der Waals surface area contributed by atoms with Crippen LogP contribution in [0.15, 0.2) is 48.7 Å². The zero-order chi connectivity index (χ0) is 20.2. The summed E-state index contributed by atoms with van der Waals surface area (Å²) in [6.07, 6.45) is 9.67. The standard InChI is InChI=1S/C26H28Cl2N2/c27-22-6-5-18(24(28)12-22)14-30-15-21(23-3-1-2-4-25(23)30)13-29-26-19-8-16-7-17(10-19)11-20(26)9-16/h1-6,12,15-17,19-20,26,29H,7-11,13-14H2. The van der Waals surface area contributed by atoms with Crippen molar-refractivity contribution < 1.29 is 0 Å². The van der Waals surface area contributed by atoms with E-state index in [2.05, 4.69) is 40.3 Å². The molecule has 1 N–H and O–H groups in total. The Bertz CT molecular complexity index is 1060. The highest BCUT2D eigenvalue weighted by Gasteiger charge is 2.47. The van der Waals surface area contributed by atoms with Gasteiger partial charge in [0.25, 0.3) is 0 Å². The fourth-order valence-corrected chi connectivity index (χ4v) is 7.38. The maximum Gasteiger partial charge on any atom is 0.0491 e. The summed E-state index contributed by atoms with van der Waals surface area (Å²) in [5.74, 6) is 3.86. The van der Waals surface area contributed by atoms with E-state index in [0.29, 0.717) is 11.1 Å². The van der Waals surface area contributed by atoms with E-state index in [0.717, 1.165) is 47.3 Å². The number of rotatable bonds is 5. The van der Waals surface area contributed by atoms with E-state index < -0.39 is 0 Å². The lowest BCUT2D eigenvalue weighted by Crippen LogP contribution is -2.54. The van der Waals surface area contributed by atoms with Gasteiger partial charge in [0.05, 0.1) is 0 Å². The number of halogens is 2. The third-order valence-electron chi connectivity index (χ3n) is 7.98. The normalized spacial score (nSPS) is 29.7. The molecular weight excluding hydrogens is 411 g/mol. The molecule has 4 aliphatic carbocycles. The quantitative estimate of drug-likeness (QED) is 0.457. The molecule has 4 bridgehead atoms. The van der Waals surface area contributed by atoms with Gasteiger partial charge in [0.15, 0.2) is 0 Å². The van der Waals surface area contributed by atoms with E-state index in [9.17, 15) is 0 Å². The topological polar surface area (TPSA) is 17.0 Å². The van der Waals surface area contributed by atoms with Crippen LogP contribution in [0.1, 0.15) is 43.2 Å². The zero-order valence-electron chi connectivity index (χ0n) is 17.2. The molecule has 0 spiro atoms. The summed E-state index contributed by atoms with van der Waals surface area (Å²) in [5, 5.41) is 6.77. The molecule has 0 aliphatic heterocycles. The van der Waals surface area contributed by atoms with E-state index in [1.54, 1.807) is 0 Å². The van der Waals surface area contributed by atoms with Crippen molar-refractivity contribution in [3.8, 4) is 0 Å². The van der Waals surface area contributed by atoms with Crippen molar-refractivity contribution in [3.63, 3.8) is 0 Å². The lowest BCUT2D eigenvalue weighted by atomic mass is 9.54.